The highest BCUT2D eigenvalue weighted by Gasteiger charge is 2.32. The molecule has 1 aromatic carbocycles. The van der Waals surface area contributed by atoms with Gasteiger partial charge in [-0.2, -0.15) is 4.72 Å². The summed E-state index contributed by atoms with van der Waals surface area (Å²) < 4.78 is 31.9. The molecule has 1 saturated heterocycles. The molecule has 6 nitrogen and oxygen atoms in total. The Bertz CT molecular complexity index is 551. The van der Waals surface area contributed by atoms with Crippen LogP contribution >= 0.6 is 0 Å². The van der Waals surface area contributed by atoms with E-state index in [0.29, 0.717) is 31.6 Å². The Kier molecular flexibility index (Phi) is 4.74. The van der Waals surface area contributed by atoms with E-state index < -0.39 is 27.3 Å². The van der Waals surface area contributed by atoms with Crippen LogP contribution < -0.4 is 4.72 Å². The van der Waals surface area contributed by atoms with E-state index >= 15 is 0 Å². The van der Waals surface area contributed by atoms with Crippen molar-refractivity contribution in [2.24, 2.45) is 0 Å². The van der Waals surface area contributed by atoms with Crippen LogP contribution in [0.1, 0.15) is 24.4 Å². The Balaban J connectivity index is 2.18. The summed E-state index contributed by atoms with van der Waals surface area (Å²) in [6.07, 6.45) is 0.771. The van der Waals surface area contributed by atoms with Crippen LogP contribution in [0.3, 0.4) is 0 Å². The van der Waals surface area contributed by atoms with E-state index in [1.165, 1.54) is 0 Å². The molecule has 0 radical (unpaired) electrons. The van der Waals surface area contributed by atoms with Crippen molar-refractivity contribution in [1.29, 1.82) is 0 Å². The van der Waals surface area contributed by atoms with E-state index in [-0.39, 0.29) is 0 Å². The molecule has 1 aliphatic rings. The lowest BCUT2D eigenvalue weighted by Crippen LogP contribution is -2.42. The van der Waals surface area contributed by atoms with Crippen molar-refractivity contribution in [2.45, 2.75) is 24.1 Å². The summed E-state index contributed by atoms with van der Waals surface area (Å²) in [4.78, 5) is 11.3. The van der Waals surface area contributed by atoms with E-state index in [2.05, 4.69) is 4.72 Å². The van der Waals surface area contributed by atoms with Gasteiger partial charge in [0.15, 0.2) is 0 Å². The topological polar surface area (TPSA) is 92.7 Å². The number of nitrogens with one attached hydrogen (secondary N) is 1. The van der Waals surface area contributed by atoms with Crippen molar-refractivity contribution in [2.75, 3.05) is 13.2 Å². The highest BCUT2D eigenvalue weighted by molar-refractivity contribution is 7.90. The van der Waals surface area contributed by atoms with Gasteiger partial charge in [0.05, 0.1) is 5.25 Å². The van der Waals surface area contributed by atoms with Gasteiger partial charge in [0, 0.05) is 13.2 Å². The minimum atomic E-state index is -3.69. The molecule has 0 spiro atoms. The van der Waals surface area contributed by atoms with E-state index in [1.54, 1.807) is 30.3 Å². The van der Waals surface area contributed by atoms with E-state index in [0.717, 1.165) is 0 Å². The van der Waals surface area contributed by atoms with Crippen LogP contribution in [-0.4, -0.2) is 38.0 Å². The summed E-state index contributed by atoms with van der Waals surface area (Å²) in [7, 11) is -3.69. The predicted molar refractivity (Wildman–Crippen MR) is 72.7 cm³/mol. The van der Waals surface area contributed by atoms with Gasteiger partial charge in [-0.1, -0.05) is 30.3 Å². The van der Waals surface area contributed by atoms with Crippen LogP contribution in [0, 0.1) is 0 Å². The average molecular weight is 299 g/mol. The van der Waals surface area contributed by atoms with E-state index in [4.69, 9.17) is 4.74 Å². The molecular weight excluding hydrogens is 282 g/mol. The number of carboxylic acid groups (broad SMARTS) is 1. The molecule has 20 heavy (non-hydrogen) atoms. The number of rotatable bonds is 5. The molecule has 1 unspecified atom stereocenters. The number of hydrogen-bond acceptors (Lipinski definition) is 4. The monoisotopic (exact) mass is 299 g/mol. The van der Waals surface area contributed by atoms with Gasteiger partial charge in [0.1, 0.15) is 6.04 Å². The Hall–Kier alpha value is -1.44. The average Bonchev–Trinajstić information content (AvgIpc) is 2.46. The third-order valence-electron chi connectivity index (χ3n) is 3.27. The quantitative estimate of drug-likeness (QED) is 0.843. The summed E-state index contributed by atoms with van der Waals surface area (Å²) in [6.45, 7) is 0.767. The fraction of sp³-hybridized carbons (Fsp3) is 0.462. The van der Waals surface area contributed by atoms with Crippen molar-refractivity contribution in [3.05, 3.63) is 35.9 Å². The zero-order valence-corrected chi connectivity index (χ0v) is 11.7. The zero-order valence-electron chi connectivity index (χ0n) is 10.9. The Labute approximate surface area is 117 Å². The Morgan fingerprint density at radius 3 is 2.40 bits per heavy atom. The molecule has 1 aliphatic heterocycles. The van der Waals surface area contributed by atoms with Crippen molar-refractivity contribution < 1.29 is 23.1 Å². The van der Waals surface area contributed by atoms with Gasteiger partial charge in [0.2, 0.25) is 10.0 Å². The number of carbonyl (C=O) groups is 1. The smallest absolute Gasteiger partial charge is 0.326 e. The molecule has 2 rings (SSSR count). The van der Waals surface area contributed by atoms with Crippen LogP contribution in [0.4, 0.5) is 0 Å². The maximum absolute atomic E-state index is 12.2. The lowest BCUT2D eigenvalue weighted by molar-refractivity contribution is -0.139. The van der Waals surface area contributed by atoms with E-state index in [1.807, 2.05) is 0 Å². The molecule has 0 aromatic heterocycles. The third kappa shape index (κ3) is 3.56. The molecular formula is C13H17NO5S. The second-order valence-corrected chi connectivity index (χ2v) is 6.65. The minimum absolute atomic E-state index is 0.384. The van der Waals surface area contributed by atoms with Crippen molar-refractivity contribution in [3.63, 3.8) is 0 Å². The van der Waals surface area contributed by atoms with Crippen molar-refractivity contribution in [3.8, 4) is 0 Å². The van der Waals surface area contributed by atoms with Gasteiger partial charge in [0.25, 0.3) is 0 Å². The lowest BCUT2D eigenvalue weighted by Gasteiger charge is -2.24. The van der Waals surface area contributed by atoms with Crippen molar-refractivity contribution in [1.82, 2.24) is 4.72 Å². The molecule has 1 aromatic rings. The number of aliphatic carboxylic acids is 1. The maximum Gasteiger partial charge on any atom is 0.326 e. The molecule has 0 saturated carbocycles. The zero-order chi connectivity index (χ0) is 14.6. The van der Waals surface area contributed by atoms with Crippen LogP contribution in [0.15, 0.2) is 30.3 Å². The number of carboxylic acids is 1. The van der Waals surface area contributed by atoms with Crippen molar-refractivity contribution >= 4 is 16.0 Å². The SMILES string of the molecule is O=C(O)C(NS(=O)(=O)C1CCOCC1)c1ccccc1. The highest BCUT2D eigenvalue weighted by atomic mass is 32.2. The molecule has 2 N–H and O–H groups in total. The number of hydrogen-bond donors (Lipinski definition) is 2. The van der Waals surface area contributed by atoms with Gasteiger partial charge in [-0.05, 0) is 18.4 Å². The second-order valence-electron chi connectivity index (χ2n) is 4.66. The van der Waals surface area contributed by atoms with Crippen LogP contribution in [-0.2, 0) is 19.6 Å². The normalized spacial score (nSPS) is 18.6. The van der Waals surface area contributed by atoms with E-state index in [9.17, 15) is 18.3 Å². The molecule has 0 aliphatic carbocycles. The molecule has 110 valence electrons. The molecule has 1 heterocycles. The van der Waals surface area contributed by atoms with Gasteiger partial charge >= 0.3 is 5.97 Å². The standard InChI is InChI=1S/C13H17NO5S/c15-13(16)12(10-4-2-1-3-5-10)14-20(17,18)11-6-8-19-9-7-11/h1-5,11-12,14H,6-9H2,(H,15,16). The highest BCUT2D eigenvalue weighted by Crippen LogP contribution is 2.20. The third-order valence-corrected chi connectivity index (χ3v) is 5.18. The second kappa shape index (κ2) is 6.34. The van der Waals surface area contributed by atoms with Gasteiger partial charge in [-0.25, -0.2) is 8.42 Å². The first-order chi connectivity index (χ1) is 9.50. The number of ether oxygens (including phenoxy) is 1. The minimum Gasteiger partial charge on any atom is -0.480 e. The molecule has 1 atom stereocenters. The summed E-state index contributed by atoms with van der Waals surface area (Å²) >= 11 is 0. The first kappa shape index (κ1) is 15.0. The Morgan fingerprint density at radius 2 is 1.85 bits per heavy atom. The van der Waals surface area contributed by atoms with Crippen LogP contribution in [0.5, 0.6) is 0 Å². The number of benzene rings is 1. The van der Waals surface area contributed by atoms with Gasteiger partial charge in [-0.15, -0.1) is 0 Å². The largest absolute Gasteiger partial charge is 0.480 e. The van der Waals surface area contributed by atoms with Crippen LogP contribution in [0.25, 0.3) is 0 Å². The summed E-state index contributed by atoms with van der Waals surface area (Å²) in [5.41, 5.74) is 0.413. The maximum atomic E-state index is 12.2. The summed E-state index contributed by atoms with van der Waals surface area (Å²) in [5.74, 6) is -1.22. The molecule has 0 amide bonds. The first-order valence-electron chi connectivity index (χ1n) is 6.37. The molecule has 0 bridgehead atoms. The summed E-state index contributed by atoms with van der Waals surface area (Å²) in [6, 6.07) is 7.01. The molecule has 7 heteroatoms. The number of sulfonamides is 1. The predicted octanol–water partition coefficient (Wildman–Crippen LogP) is 0.911. The van der Waals surface area contributed by atoms with Crippen LogP contribution in [0.2, 0.25) is 0 Å². The first-order valence-corrected chi connectivity index (χ1v) is 7.92. The lowest BCUT2D eigenvalue weighted by atomic mass is 10.1. The van der Waals surface area contributed by atoms with Gasteiger partial charge in [-0.3, -0.25) is 4.79 Å². The Morgan fingerprint density at radius 1 is 1.25 bits per heavy atom. The fourth-order valence-corrected chi connectivity index (χ4v) is 3.72. The fourth-order valence-electron chi connectivity index (χ4n) is 2.15. The van der Waals surface area contributed by atoms with Gasteiger partial charge < -0.3 is 9.84 Å². The molecule has 1 fully saturated rings. The summed E-state index contributed by atoms with van der Waals surface area (Å²) in [5, 5.41) is 8.64.